The average Bonchev–Trinajstić information content (AvgIpc) is 2.74. The number of hydrogen-bond acceptors (Lipinski definition) is 2. The predicted molar refractivity (Wildman–Crippen MR) is 73.5 cm³/mol. The fraction of sp³-hybridized carbons (Fsp3) is 0.200. The van der Waals surface area contributed by atoms with E-state index in [0.717, 1.165) is 38.7 Å². The van der Waals surface area contributed by atoms with E-state index < -0.39 is 0 Å². The molecule has 0 spiro atoms. The van der Waals surface area contributed by atoms with Crippen LogP contribution in [0.15, 0.2) is 24.3 Å². The van der Waals surface area contributed by atoms with Gasteiger partial charge in [0.15, 0.2) is 0 Å². The second-order valence-corrected chi connectivity index (χ2v) is 4.60. The first-order valence-corrected chi connectivity index (χ1v) is 5.90. The zero-order chi connectivity index (χ0) is 12.9. The molecule has 2 aromatic carbocycles. The van der Waals surface area contributed by atoms with Crippen molar-refractivity contribution >= 4 is 21.8 Å². The lowest BCUT2D eigenvalue weighted by Gasteiger charge is -2.04. The number of H-pyrrole nitrogens is 1. The van der Waals surface area contributed by atoms with Gasteiger partial charge in [-0.2, -0.15) is 0 Å². The average molecular weight is 241 g/mol. The van der Waals surface area contributed by atoms with Gasteiger partial charge in [-0.25, -0.2) is 0 Å². The Labute approximate surface area is 105 Å². The third-order valence-electron chi connectivity index (χ3n) is 3.65. The molecule has 0 aliphatic heterocycles. The molecule has 0 unspecified atom stereocenters. The number of rotatable bonds is 1. The van der Waals surface area contributed by atoms with E-state index in [1.165, 1.54) is 0 Å². The summed E-state index contributed by atoms with van der Waals surface area (Å²) >= 11 is 0. The Morgan fingerprint density at radius 3 is 2.56 bits per heavy atom. The Hall–Kier alpha value is -2.16. The second kappa shape index (κ2) is 3.67. The summed E-state index contributed by atoms with van der Waals surface area (Å²) in [7, 11) is 1.66. The molecular formula is C15H15NO2. The van der Waals surface area contributed by atoms with Crippen molar-refractivity contribution in [3.63, 3.8) is 0 Å². The lowest BCUT2D eigenvalue weighted by molar-refractivity contribution is 0.415. The van der Waals surface area contributed by atoms with Crippen molar-refractivity contribution in [2.75, 3.05) is 7.11 Å². The first-order chi connectivity index (χ1) is 8.61. The number of ether oxygens (including phenoxy) is 1. The van der Waals surface area contributed by atoms with Gasteiger partial charge in [0.2, 0.25) is 0 Å². The number of benzene rings is 2. The number of nitrogens with one attached hydrogen (secondary N) is 1. The van der Waals surface area contributed by atoms with Gasteiger partial charge < -0.3 is 14.8 Å². The summed E-state index contributed by atoms with van der Waals surface area (Å²) in [5, 5.41) is 12.1. The molecule has 3 aromatic rings. The van der Waals surface area contributed by atoms with Gasteiger partial charge in [-0.15, -0.1) is 0 Å². The van der Waals surface area contributed by atoms with Crippen molar-refractivity contribution in [2.24, 2.45) is 0 Å². The SMILES string of the molecule is COc1ccc2c(c1)[nH]c1c(C)c(C)c(O)cc12. The molecule has 0 bridgehead atoms. The number of aryl methyl sites for hydroxylation is 1. The quantitative estimate of drug-likeness (QED) is 0.683. The van der Waals surface area contributed by atoms with Crippen molar-refractivity contribution in [2.45, 2.75) is 13.8 Å². The van der Waals surface area contributed by atoms with Gasteiger partial charge in [0.05, 0.1) is 12.6 Å². The predicted octanol–water partition coefficient (Wildman–Crippen LogP) is 3.65. The van der Waals surface area contributed by atoms with Crippen molar-refractivity contribution < 1.29 is 9.84 Å². The zero-order valence-corrected chi connectivity index (χ0v) is 10.7. The summed E-state index contributed by atoms with van der Waals surface area (Å²) in [6.45, 7) is 3.94. The van der Waals surface area contributed by atoms with E-state index in [9.17, 15) is 5.11 Å². The fourth-order valence-electron chi connectivity index (χ4n) is 2.40. The highest BCUT2D eigenvalue weighted by molar-refractivity contribution is 6.09. The number of phenols is 1. The molecule has 2 N–H and O–H groups in total. The summed E-state index contributed by atoms with van der Waals surface area (Å²) in [5.41, 5.74) is 4.10. The summed E-state index contributed by atoms with van der Waals surface area (Å²) in [6, 6.07) is 7.74. The molecule has 1 aromatic heterocycles. The molecule has 0 fully saturated rings. The molecule has 0 amide bonds. The third kappa shape index (κ3) is 1.37. The highest BCUT2D eigenvalue weighted by Crippen LogP contribution is 2.34. The topological polar surface area (TPSA) is 45.2 Å². The zero-order valence-electron chi connectivity index (χ0n) is 10.7. The van der Waals surface area contributed by atoms with E-state index in [0.29, 0.717) is 5.75 Å². The number of fused-ring (bicyclic) bond motifs is 3. The van der Waals surface area contributed by atoms with Crippen molar-refractivity contribution in [1.82, 2.24) is 4.98 Å². The van der Waals surface area contributed by atoms with Crippen LogP contribution in [0.3, 0.4) is 0 Å². The summed E-state index contributed by atoms with van der Waals surface area (Å²) < 4.78 is 5.23. The van der Waals surface area contributed by atoms with Crippen molar-refractivity contribution in [3.8, 4) is 11.5 Å². The molecule has 3 heteroatoms. The van der Waals surface area contributed by atoms with Gasteiger partial charge in [-0.1, -0.05) is 0 Å². The molecule has 3 nitrogen and oxygen atoms in total. The van der Waals surface area contributed by atoms with Crippen LogP contribution < -0.4 is 4.74 Å². The highest BCUT2D eigenvalue weighted by atomic mass is 16.5. The summed E-state index contributed by atoms with van der Waals surface area (Å²) in [5.74, 6) is 1.17. The Bertz CT molecular complexity index is 756. The molecule has 92 valence electrons. The first kappa shape index (κ1) is 11.0. The van der Waals surface area contributed by atoms with E-state index >= 15 is 0 Å². The molecular weight excluding hydrogens is 226 g/mol. The maximum atomic E-state index is 9.94. The molecule has 1 heterocycles. The number of methoxy groups -OCH3 is 1. The highest BCUT2D eigenvalue weighted by Gasteiger charge is 2.11. The van der Waals surface area contributed by atoms with Gasteiger partial charge in [0.25, 0.3) is 0 Å². The molecule has 18 heavy (non-hydrogen) atoms. The Kier molecular flexibility index (Phi) is 2.23. The van der Waals surface area contributed by atoms with E-state index in [1.54, 1.807) is 7.11 Å². The lowest BCUT2D eigenvalue weighted by Crippen LogP contribution is -1.83. The second-order valence-electron chi connectivity index (χ2n) is 4.60. The number of aromatic hydroxyl groups is 1. The van der Waals surface area contributed by atoms with E-state index in [2.05, 4.69) is 4.98 Å². The van der Waals surface area contributed by atoms with Crippen LogP contribution in [-0.4, -0.2) is 17.2 Å². The van der Waals surface area contributed by atoms with Gasteiger partial charge in [-0.05, 0) is 43.2 Å². The van der Waals surface area contributed by atoms with Crippen molar-refractivity contribution in [1.29, 1.82) is 0 Å². The maximum absolute atomic E-state index is 9.94. The van der Waals surface area contributed by atoms with Crippen LogP contribution in [0.25, 0.3) is 21.8 Å². The van der Waals surface area contributed by atoms with Crippen LogP contribution in [0, 0.1) is 13.8 Å². The smallest absolute Gasteiger partial charge is 0.120 e. The van der Waals surface area contributed by atoms with E-state index in [1.807, 2.05) is 38.1 Å². The molecule has 0 atom stereocenters. The molecule has 0 aliphatic carbocycles. The Morgan fingerprint density at radius 1 is 1.06 bits per heavy atom. The van der Waals surface area contributed by atoms with Crippen LogP contribution in [0.2, 0.25) is 0 Å². The lowest BCUT2D eigenvalue weighted by atomic mass is 10.0. The number of hydrogen-bond donors (Lipinski definition) is 2. The standard InChI is InChI=1S/C15H15NO2/c1-8-9(2)15-12(7-14(8)17)11-5-4-10(18-3)6-13(11)16-15/h4-7,16-17H,1-3H3. The summed E-state index contributed by atoms with van der Waals surface area (Å²) in [6.07, 6.45) is 0. The molecule has 0 saturated heterocycles. The van der Waals surface area contributed by atoms with Gasteiger partial charge >= 0.3 is 0 Å². The van der Waals surface area contributed by atoms with Gasteiger partial charge in [-0.3, -0.25) is 0 Å². The third-order valence-corrected chi connectivity index (χ3v) is 3.65. The minimum atomic E-state index is 0.344. The van der Waals surface area contributed by atoms with E-state index in [-0.39, 0.29) is 0 Å². The number of phenolic OH excluding ortho intramolecular Hbond substituents is 1. The normalized spacial score (nSPS) is 11.3. The fourth-order valence-corrected chi connectivity index (χ4v) is 2.40. The Morgan fingerprint density at radius 2 is 1.83 bits per heavy atom. The molecule has 0 saturated carbocycles. The van der Waals surface area contributed by atoms with Gasteiger partial charge in [0.1, 0.15) is 11.5 Å². The minimum absolute atomic E-state index is 0.344. The maximum Gasteiger partial charge on any atom is 0.120 e. The van der Waals surface area contributed by atoms with Crippen LogP contribution in [-0.2, 0) is 0 Å². The van der Waals surface area contributed by atoms with E-state index in [4.69, 9.17) is 4.74 Å². The molecule has 3 rings (SSSR count). The first-order valence-electron chi connectivity index (χ1n) is 5.90. The molecule has 0 aliphatic rings. The number of aromatic amines is 1. The van der Waals surface area contributed by atoms with Crippen LogP contribution in [0.4, 0.5) is 0 Å². The summed E-state index contributed by atoms with van der Waals surface area (Å²) in [4.78, 5) is 3.40. The minimum Gasteiger partial charge on any atom is -0.508 e. The van der Waals surface area contributed by atoms with Crippen LogP contribution >= 0.6 is 0 Å². The van der Waals surface area contributed by atoms with Crippen LogP contribution in [0.5, 0.6) is 11.5 Å². The van der Waals surface area contributed by atoms with Crippen LogP contribution in [0.1, 0.15) is 11.1 Å². The molecule has 0 radical (unpaired) electrons. The van der Waals surface area contributed by atoms with Crippen molar-refractivity contribution in [3.05, 3.63) is 35.4 Å². The largest absolute Gasteiger partial charge is 0.508 e. The number of aromatic nitrogens is 1. The monoisotopic (exact) mass is 241 g/mol. The Balaban J connectivity index is 2.47. The van der Waals surface area contributed by atoms with Gasteiger partial charge in [0, 0.05) is 22.4 Å².